The zero-order chi connectivity index (χ0) is 10.6. The van der Waals surface area contributed by atoms with Crippen molar-refractivity contribution in [2.75, 3.05) is 18.8 Å². The van der Waals surface area contributed by atoms with Crippen LogP contribution in [0.3, 0.4) is 0 Å². The Morgan fingerprint density at radius 2 is 1.93 bits per heavy atom. The fourth-order valence-electron chi connectivity index (χ4n) is 1.40. The lowest BCUT2D eigenvalue weighted by Crippen LogP contribution is -2.22. The highest BCUT2D eigenvalue weighted by atomic mass is 35.5. The number of rotatable bonds is 4. The summed E-state index contributed by atoms with van der Waals surface area (Å²) in [5.74, 6) is 0. The summed E-state index contributed by atoms with van der Waals surface area (Å²) in [4.78, 5) is 2.34. The molecule has 0 aliphatic heterocycles. The van der Waals surface area contributed by atoms with Crippen LogP contribution in [0.4, 0.5) is 5.69 Å². The third-order valence-electron chi connectivity index (χ3n) is 2.36. The van der Waals surface area contributed by atoms with Crippen LogP contribution in [-0.2, 0) is 6.54 Å². The van der Waals surface area contributed by atoms with Gasteiger partial charge in [-0.1, -0.05) is 31.5 Å². The lowest BCUT2D eigenvalue weighted by atomic mass is 10.2. The summed E-state index contributed by atoms with van der Waals surface area (Å²) >= 11 is 5.85. The second kappa shape index (κ2) is 5.23. The quantitative estimate of drug-likeness (QED) is 0.778. The van der Waals surface area contributed by atoms with Crippen molar-refractivity contribution in [3.8, 4) is 0 Å². The molecule has 0 radical (unpaired) electrons. The van der Waals surface area contributed by atoms with Gasteiger partial charge in [-0.15, -0.1) is 0 Å². The molecule has 1 aromatic carbocycles. The van der Waals surface area contributed by atoms with Crippen molar-refractivity contribution in [2.45, 2.75) is 20.4 Å². The van der Waals surface area contributed by atoms with Gasteiger partial charge in [0.15, 0.2) is 0 Å². The van der Waals surface area contributed by atoms with Crippen molar-refractivity contribution in [1.29, 1.82) is 0 Å². The van der Waals surface area contributed by atoms with Gasteiger partial charge in [0.05, 0.1) is 10.7 Å². The fourth-order valence-corrected chi connectivity index (χ4v) is 1.51. The van der Waals surface area contributed by atoms with E-state index in [-0.39, 0.29) is 0 Å². The standard InChI is InChI=1S/C11H17ClN2/c1-3-14(4-2)8-9-5-6-10(12)11(13)7-9/h5-7H,3-4,8,13H2,1-2H3. The Bertz CT molecular complexity index is 295. The first kappa shape index (κ1) is 11.3. The molecule has 0 unspecified atom stereocenters. The Kier molecular flexibility index (Phi) is 4.23. The highest BCUT2D eigenvalue weighted by Crippen LogP contribution is 2.20. The van der Waals surface area contributed by atoms with E-state index in [1.165, 1.54) is 5.56 Å². The van der Waals surface area contributed by atoms with Gasteiger partial charge in [0.2, 0.25) is 0 Å². The zero-order valence-electron chi connectivity index (χ0n) is 8.76. The van der Waals surface area contributed by atoms with Gasteiger partial charge in [0.25, 0.3) is 0 Å². The van der Waals surface area contributed by atoms with Gasteiger partial charge in [0, 0.05) is 6.54 Å². The first-order valence-electron chi connectivity index (χ1n) is 4.93. The third-order valence-corrected chi connectivity index (χ3v) is 2.71. The smallest absolute Gasteiger partial charge is 0.0635 e. The van der Waals surface area contributed by atoms with Crippen LogP contribution in [0, 0.1) is 0 Å². The molecule has 2 N–H and O–H groups in total. The van der Waals surface area contributed by atoms with E-state index in [0.717, 1.165) is 19.6 Å². The molecule has 0 fully saturated rings. The molecular weight excluding hydrogens is 196 g/mol. The van der Waals surface area contributed by atoms with Crippen LogP contribution < -0.4 is 5.73 Å². The molecule has 0 saturated heterocycles. The maximum atomic E-state index is 5.85. The van der Waals surface area contributed by atoms with E-state index in [1.807, 2.05) is 18.2 Å². The van der Waals surface area contributed by atoms with Crippen LogP contribution >= 0.6 is 11.6 Å². The van der Waals surface area contributed by atoms with E-state index in [0.29, 0.717) is 10.7 Å². The number of nitrogen functional groups attached to an aromatic ring is 1. The van der Waals surface area contributed by atoms with E-state index in [1.54, 1.807) is 0 Å². The van der Waals surface area contributed by atoms with Crippen molar-refractivity contribution >= 4 is 17.3 Å². The Morgan fingerprint density at radius 1 is 1.29 bits per heavy atom. The summed E-state index contributed by atoms with van der Waals surface area (Å²) in [6, 6.07) is 5.83. The van der Waals surface area contributed by atoms with Gasteiger partial charge < -0.3 is 5.73 Å². The first-order valence-corrected chi connectivity index (χ1v) is 5.31. The number of benzene rings is 1. The normalized spacial score (nSPS) is 10.9. The van der Waals surface area contributed by atoms with Crippen LogP contribution in [0.15, 0.2) is 18.2 Å². The van der Waals surface area contributed by atoms with Crippen LogP contribution in [0.2, 0.25) is 5.02 Å². The van der Waals surface area contributed by atoms with Gasteiger partial charge in [-0.25, -0.2) is 0 Å². The number of hydrogen-bond donors (Lipinski definition) is 1. The molecule has 0 aliphatic carbocycles. The summed E-state index contributed by atoms with van der Waals surface area (Å²) in [5, 5.41) is 0.633. The zero-order valence-corrected chi connectivity index (χ0v) is 9.51. The molecule has 0 heterocycles. The molecule has 0 spiro atoms. The Labute approximate surface area is 90.7 Å². The van der Waals surface area contributed by atoms with Crippen molar-refractivity contribution in [3.05, 3.63) is 28.8 Å². The topological polar surface area (TPSA) is 29.3 Å². The van der Waals surface area contributed by atoms with Crippen LogP contribution in [0.25, 0.3) is 0 Å². The predicted octanol–water partition coefficient (Wildman–Crippen LogP) is 2.76. The minimum absolute atomic E-state index is 0.633. The molecule has 14 heavy (non-hydrogen) atoms. The SMILES string of the molecule is CCN(CC)Cc1ccc(Cl)c(N)c1. The fraction of sp³-hybridized carbons (Fsp3) is 0.455. The number of nitrogens with zero attached hydrogens (tertiary/aromatic N) is 1. The van der Waals surface area contributed by atoms with Gasteiger partial charge >= 0.3 is 0 Å². The average molecular weight is 213 g/mol. The molecule has 0 amide bonds. The first-order chi connectivity index (χ1) is 6.67. The van der Waals surface area contributed by atoms with Crippen molar-refractivity contribution < 1.29 is 0 Å². The van der Waals surface area contributed by atoms with E-state index in [2.05, 4.69) is 18.7 Å². The van der Waals surface area contributed by atoms with E-state index in [4.69, 9.17) is 17.3 Å². The van der Waals surface area contributed by atoms with E-state index in [9.17, 15) is 0 Å². The molecule has 2 nitrogen and oxygen atoms in total. The van der Waals surface area contributed by atoms with Crippen LogP contribution in [0.5, 0.6) is 0 Å². The number of anilines is 1. The summed E-state index contributed by atoms with van der Waals surface area (Å²) in [6.07, 6.45) is 0. The van der Waals surface area contributed by atoms with Crippen LogP contribution in [-0.4, -0.2) is 18.0 Å². The van der Waals surface area contributed by atoms with E-state index >= 15 is 0 Å². The molecule has 0 aliphatic rings. The second-order valence-corrected chi connectivity index (χ2v) is 3.72. The molecule has 0 atom stereocenters. The second-order valence-electron chi connectivity index (χ2n) is 3.32. The highest BCUT2D eigenvalue weighted by molar-refractivity contribution is 6.33. The minimum Gasteiger partial charge on any atom is -0.398 e. The molecule has 78 valence electrons. The van der Waals surface area contributed by atoms with Crippen molar-refractivity contribution in [3.63, 3.8) is 0 Å². The van der Waals surface area contributed by atoms with Gasteiger partial charge in [0.1, 0.15) is 0 Å². The maximum Gasteiger partial charge on any atom is 0.0635 e. The highest BCUT2D eigenvalue weighted by Gasteiger charge is 2.02. The summed E-state index contributed by atoms with van der Waals surface area (Å²) in [5.41, 5.74) is 7.61. The Hall–Kier alpha value is -0.730. The Morgan fingerprint density at radius 3 is 2.43 bits per heavy atom. The van der Waals surface area contributed by atoms with E-state index < -0.39 is 0 Å². The molecule has 1 aromatic rings. The molecule has 0 aromatic heterocycles. The summed E-state index contributed by atoms with van der Waals surface area (Å²) in [7, 11) is 0. The van der Waals surface area contributed by atoms with Gasteiger partial charge in [-0.05, 0) is 30.8 Å². The lowest BCUT2D eigenvalue weighted by molar-refractivity contribution is 0.296. The van der Waals surface area contributed by atoms with Crippen molar-refractivity contribution in [2.24, 2.45) is 0 Å². The predicted molar refractivity (Wildman–Crippen MR) is 62.5 cm³/mol. The lowest BCUT2D eigenvalue weighted by Gasteiger charge is -2.18. The number of nitrogens with two attached hydrogens (primary N) is 1. The molecule has 1 rings (SSSR count). The van der Waals surface area contributed by atoms with Gasteiger partial charge in [-0.3, -0.25) is 4.90 Å². The van der Waals surface area contributed by atoms with Gasteiger partial charge in [-0.2, -0.15) is 0 Å². The summed E-state index contributed by atoms with van der Waals surface area (Å²) < 4.78 is 0. The van der Waals surface area contributed by atoms with Crippen molar-refractivity contribution in [1.82, 2.24) is 4.90 Å². The van der Waals surface area contributed by atoms with Crippen LogP contribution in [0.1, 0.15) is 19.4 Å². The molecule has 0 saturated carbocycles. The molecule has 0 bridgehead atoms. The minimum atomic E-state index is 0.633. The Balaban J connectivity index is 2.72. The molecule has 3 heteroatoms. The largest absolute Gasteiger partial charge is 0.398 e. The monoisotopic (exact) mass is 212 g/mol. The third kappa shape index (κ3) is 2.89. The number of hydrogen-bond acceptors (Lipinski definition) is 2. The molecular formula is C11H17ClN2. The average Bonchev–Trinajstić information content (AvgIpc) is 2.19. The maximum absolute atomic E-state index is 5.85. The summed E-state index contributed by atoms with van der Waals surface area (Å²) in [6.45, 7) is 7.36. The number of halogens is 1.